The van der Waals surface area contributed by atoms with Crippen LogP contribution in [0.5, 0.6) is 5.75 Å². The van der Waals surface area contributed by atoms with Crippen molar-refractivity contribution in [3.63, 3.8) is 0 Å². The summed E-state index contributed by atoms with van der Waals surface area (Å²) in [5.74, 6) is 0.617. The van der Waals surface area contributed by atoms with Gasteiger partial charge in [-0.25, -0.2) is 4.98 Å². The summed E-state index contributed by atoms with van der Waals surface area (Å²) >= 11 is 7.53. The van der Waals surface area contributed by atoms with Crippen LogP contribution >= 0.6 is 22.9 Å². The Labute approximate surface area is 149 Å². The molecule has 0 aliphatic heterocycles. The van der Waals surface area contributed by atoms with E-state index in [1.807, 2.05) is 60.0 Å². The van der Waals surface area contributed by atoms with E-state index in [0.29, 0.717) is 16.8 Å². The fourth-order valence-corrected chi connectivity index (χ4v) is 3.04. The van der Waals surface area contributed by atoms with E-state index < -0.39 is 0 Å². The van der Waals surface area contributed by atoms with Crippen molar-refractivity contribution in [2.75, 3.05) is 11.9 Å². The number of thiazole rings is 1. The second-order valence-electron chi connectivity index (χ2n) is 4.98. The number of para-hydroxylation sites is 1. The first kappa shape index (κ1) is 16.5. The van der Waals surface area contributed by atoms with Crippen LogP contribution in [0.25, 0.3) is 11.3 Å². The smallest absolute Gasteiger partial charge is 0.229 e. The largest absolute Gasteiger partial charge is 0.493 e. The number of ether oxygens (including phenoxy) is 1. The van der Waals surface area contributed by atoms with Gasteiger partial charge in [-0.2, -0.15) is 0 Å². The number of hydrogen-bond acceptors (Lipinski definition) is 4. The first-order chi connectivity index (χ1) is 11.7. The molecular weight excluding hydrogens is 344 g/mol. The lowest BCUT2D eigenvalue weighted by atomic mass is 10.2. The minimum Gasteiger partial charge on any atom is -0.493 e. The fourth-order valence-electron chi connectivity index (χ4n) is 2.08. The van der Waals surface area contributed by atoms with E-state index in [4.69, 9.17) is 16.3 Å². The zero-order valence-electron chi connectivity index (χ0n) is 12.7. The van der Waals surface area contributed by atoms with Crippen molar-refractivity contribution >= 4 is 34.0 Å². The minimum atomic E-state index is -0.133. The van der Waals surface area contributed by atoms with Crippen LogP contribution in [0.2, 0.25) is 5.02 Å². The van der Waals surface area contributed by atoms with Crippen LogP contribution < -0.4 is 10.1 Å². The van der Waals surface area contributed by atoms with E-state index in [9.17, 15) is 4.79 Å². The molecule has 4 nitrogen and oxygen atoms in total. The molecule has 3 aromatic rings. The Morgan fingerprint density at radius 2 is 1.88 bits per heavy atom. The number of nitrogens with one attached hydrogen (secondary N) is 1. The number of amides is 1. The fraction of sp³-hybridized carbons (Fsp3) is 0.111. The van der Waals surface area contributed by atoms with Gasteiger partial charge < -0.3 is 10.1 Å². The lowest BCUT2D eigenvalue weighted by Crippen LogP contribution is -2.15. The first-order valence-electron chi connectivity index (χ1n) is 7.40. The van der Waals surface area contributed by atoms with Gasteiger partial charge in [0.15, 0.2) is 5.13 Å². The van der Waals surface area contributed by atoms with Crippen molar-refractivity contribution in [2.24, 2.45) is 0 Å². The average molecular weight is 359 g/mol. The summed E-state index contributed by atoms with van der Waals surface area (Å²) in [6.07, 6.45) is 0.260. The summed E-state index contributed by atoms with van der Waals surface area (Å²) in [7, 11) is 0. The molecule has 0 spiro atoms. The SMILES string of the molecule is O=C(CCOc1ccccc1)Nc1nc(-c2ccccc2Cl)cs1. The maximum atomic E-state index is 12.0. The summed E-state index contributed by atoms with van der Waals surface area (Å²) in [6, 6.07) is 16.9. The van der Waals surface area contributed by atoms with Gasteiger partial charge in [-0.15, -0.1) is 11.3 Å². The van der Waals surface area contributed by atoms with E-state index in [0.717, 1.165) is 17.0 Å². The van der Waals surface area contributed by atoms with Gasteiger partial charge in [-0.05, 0) is 18.2 Å². The normalized spacial score (nSPS) is 10.4. The lowest BCUT2D eigenvalue weighted by Gasteiger charge is -2.05. The van der Waals surface area contributed by atoms with Crippen molar-refractivity contribution in [1.29, 1.82) is 0 Å². The van der Waals surface area contributed by atoms with Gasteiger partial charge in [-0.1, -0.05) is 48.0 Å². The van der Waals surface area contributed by atoms with E-state index >= 15 is 0 Å². The third-order valence-electron chi connectivity index (χ3n) is 3.24. The molecule has 122 valence electrons. The molecule has 1 amide bonds. The molecule has 0 radical (unpaired) electrons. The molecule has 0 aliphatic rings. The average Bonchev–Trinajstić information content (AvgIpc) is 3.04. The van der Waals surface area contributed by atoms with Gasteiger partial charge in [0.05, 0.1) is 18.7 Å². The maximum absolute atomic E-state index is 12.0. The lowest BCUT2D eigenvalue weighted by molar-refractivity contribution is -0.116. The van der Waals surface area contributed by atoms with Crippen molar-refractivity contribution in [3.8, 4) is 17.0 Å². The highest BCUT2D eigenvalue weighted by Crippen LogP contribution is 2.30. The molecule has 6 heteroatoms. The van der Waals surface area contributed by atoms with E-state index in [2.05, 4.69) is 10.3 Å². The number of carbonyl (C=O) groups excluding carboxylic acids is 1. The molecule has 0 bridgehead atoms. The molecule has 1 N–H and O–H groups in total. The van der Waals surface area contributed by atoms with Crippen LogP contribution in [0, 0.1) is 0 Å². The van der Waals surface area contributed by atoms with Gasteiger partial charge in [-0.3, -0.25) is 4.79 Å². The molecule has 0 saturated heterocycles. The molecule has 2 aromatic carbocycles. The van der Waals surface area contributed by atoms with Crippen molar-refractivity contribution in [2.45, 2.75) is 6.42 Å². The Morgan fingerprint density at radius 1 is 1.12 bits per heavy atom. The number of aromatic nitrogens is 1. The Balaban J connectivity index is 1.53. The van der Waals surface area contributed by atoms with Crippen LogP contribution in [-0.4, -0.2) is 17.5 Å². The van der Waals surface area contributed by atoms with E-state index in [1.165, 1.54) is 11.3 Å². The van der Waals surface area contributed by atoms with Gasteiger partial charge in [0, 0.05) is 16.0 Å². The third kappa shape index (κ3) is 4.34. The Morgan fingerprint density at radius 3 is 2.67 bits per heavy atom. The zero-order valence-corrected chi connectivity index (χ0v) is 14.3. The number of halogens is 1. The predicted octanol–water partition coefficient (Wildman–Crippen LogP) is 4.87. The summed E-state index contributed by atoms with van der Waals surface area (Å²) in [5, 5.41) is 5.84. The van der Waals surface area contributed by atoms with E-state index in [1.54, 1.807) is 0 Å². The van der Waals surface area contributed by atoms with Crippen LogP contribution in [0.1, 0.15) is 6.42 Å². The number of anilines is 1. The first-order valence-corrected chi connectivity index (χ1v) is 8.66. The van der Waals surface area contributed by atoms with Gasteiger partial charge in [0.2, 0.25) is 5.91 Å². The van der Waals surface area contributed by atoms with Gasteiger partial charge >= 0.3 is 0 Å². The quantitative estimate of drug-likeness (QED) is 0.683. The maximum Gasteiger partial charge on any atom is 0.229 e. The molecule has 1 aromatic heterocycles. The summed E-state index contributed by atoms with van der Waals surface area (Å²) in [6.45, 7) is 0.318. The number of rotatable bonds is 6. The highest BCUT2D eigenvalue weighted by atomic mass is 35.5. The van der Waals surface area contributed by atoms with Gasteiger partial charge in [0.1, 0.15) is 5.75 Å². The van der Waals surface area contributed by atoms with Crippen LogP contribution in [0.3, 0.4) is 0 Å². The van der Waals surface area contributed by atoms with Crippen LogP contribution in [0.15, 0.2) is 60.0 Å². The molecule has 0 atom stereocenters. The molecule has 0 fully saturated rings. The number of carbonyl (C=O) groups is 1. The molecular formula is C18H15ClN2O2S. The number of nitrogens with zero attached hydrogens (tertiary/aromatic N) is 1. The number of hydrogen-bond donors (Lipinski definition) is 1. The van der Waals surface area contributed by atoms with Crippen LogP contribution in [-0.2, 0) is 4.79 Å². The van der Waals surface area contributed by atoms with Gasteiger partial charge in [0.25, 0.3) is 0 Å². The summed E-state index contributed by atoms with van der Waals surface area (Å²) < 4.78 is 5.51. The Kier molecular flexibility index (Phi) is 5.46. The second-order valence-corrected chi connectivity index (χ2v) is 6.24. The summed E-state index contributed by atoms with van der Waals surface area (Å²) in [5.41, 5.74) is 1.60. The van der Waals surface area contributed by atoms with Crippen molar-refractivity contribution in [1.82, 2.24) is 4.98 Å². The topological polar surface area (TPSA) is 51.2 Å². The molecule has 0 saturated carbocycles. The molecule has 24 heavy (non-hydrogen) atoms. The highest BCUT2D eigenvalue weighted by Gasteiger charge is 2.10. The number of benzene rings is 2. The predicted molar refractivity (Wildman–Crippen MR) is 97.7 cm³/mol. The summed E-state index contributed by atoms with van der Waals surface area (Å²) in [4.78, 5) is 16.4. The molecule has 0 unspecified atom stereocenters. The molecule has 0 aliphatic carbocycles. The van der Waals surface area contributed by atoms with Crippen molar-refractivity contribution in [3.05, 3.63) is 65.0 Å². The Hall–Kier alpha value is -2.37. The molecule has 1 heterocycles. The monoisotopic (exact) mass is 358 g/mol. The van der Waals surface area contributed by atoms with Crippen LogP contribution in [0.4, 0.5) is 5.13 Å². The zero-order chi connectivity index (χ0) is 16.8. The highest BCUT2D eigenvalue weighted by molar-refractivity contribution is 7.14. The third-order valence-corrected chi connectivity index (χ3v) is 4.33. The van der Waals surface area contributed by atoms with Crippen molar-refractivity contribution < 1.29 is 9.53 Å². The second kappa shape index (κ2) is 7.95. The minimum absolute atomic E-state index is 0.133. The van der Waals surface area contributed by atoms with E-state index in [-0.39, 0.29) is 12.3 Å². The standard InChI is InChI=1S/C18H15ClN2O2S/c19-15-9-5-4-8-14(15)16-12-24-18(20-16)21-17(22)10-11-23-13-6-2-1-3-7-13/h1-9,12H,10-11H2,(H,20,21,22). The Bertz CT molecular complexity index is 821. The molecule has 3 rings (SSSR count).